The average Bonchev–Trinajstić information content (AvgIpc) is 3.06. The monoisotopic (exact) mass is 355 g/mol. The van der Waals surface area contributed by atoms with E-state index in [1.165, 1.54) is 0 Å². The van der Waals surface area contributed by atoms with Crippen LogP contribution in [0.15, 0.2) is 42.5 Å². The highest BCUT2D eigenvalue weighted by molar-refractivity contribution is 5.96. The minimum atomic E-state index is -0.296. The molecule has 7 heteroatoms. The number of nitrogens with one attached hydrogen (secondary N) is 2. The molecule has 3 amide bonds. The molecule has 1 fully saturated rings. The number of methoxy groups -OCH3 is 1. The molecule has 26 heavy (non-hydrogen) atoms. The van der Waals surface area contributed by atoms with Gasteiger partial charge in [-0.1, -0.05) is 12.1 Å². The van der Waals surface area contributed by atoms with Crippen LogP contribution in [0.5, 0.6) is 11.5 Å². The van der Waals surface area contributed by atoms with Gasteiger partial charge in [-0.3, -0.25) is 9.69 Å². The van der Waals surface area contributed by atoms with Gasteiger partial charge in [0.2, 0.25) is 0 Å². The Morgan fingerprint density at radius 1 is 1.23 bits per heavy atom. The van der Waals surface area contributed by atoms with Crippen LogP contribution in [0.25, 0.3) is 0 Å². The van der Waals surface area contributed by atoms with E-state index in [2.05, 4.69) is 10.6 Å². The first-order valence-electron chi connectivity index (χ1n) is 8.29. The second kappa shape index (κ2) is 7.77. The van der Waals surface area contributed by atoms with Crippen LogP contribution in [0.4, 0.5) is 16.2 Å². The van der Waals surface area contributed by atoms with Gasteiger partial charge in [0.05, 0.1) is 7.11 Å². The van der Waals surface area contributed by atoms with Gasteiger partial charge in [0.1, 0.15) is 0 Å². The number of aryl methyl sites for hydroxylation is 1. The number of nitrogens with zero attached hydrogens (tertiary/aromatic N) is 1. The number of urea groups is 1. The summed E-state index contributed by atoms with van der Waals surface area (Å²) in [6, 6.07) is 12.5. The Morgan fingerprint density at radius 2 is 2.08 bits per heavy atom. The van der Waals surface area contributed by atoms with Crippen molar-refractivity contribution >= 4 is 23.3 Å². The van der Waals surface area contributed by atoms with E-state index in [1.807, 2.05) is 25.1 Å². The van der Waals surface area contributed by atoms with Crippen LogP contribution in [-0.2, 0) is 4.79 Å². The summed E-state index contributed by atoms with van der Waals surface area (Å²) in [5.41, 5.74) is 2.38. The minimum Gasteiger partial charge on any atom is -0.493 e. The van der Waals surface area contributed by atoms with E-state index in [9.17, 15) is 9.59 Å². The lowest BCUT2D eigenvalue weighted by Gasteiger charge is -2.16. The predicted octanol–water partition coefficient (Wildman–Crippen LogP) is 2.55. The molecule has 0 bridgehead atoms. The maximum absolute atomic E-state index is 12.2. The van der Waals surface area contributed by atoms with Gasteiger partial charge in [-0.15, -0.1) is 0 Å². The fourth-order valence-corrected chi connectivity index (χ4v) is 2.70. The number of carbonyl (C=O) groups is 2. The predicted molar refractivity (Wildman–Crippen MR) is 99.0 cm³/mol. The Balaban J connectivity index is 1.61. The van der Waals surface area contributed by atoms with Crippen molar-refractivity contribution in [1.82, 2.24) is 5.32 Å². The summed E-state index contributed by atoms with van der Waals surface area (Å²) in [5, 5.41) is 5.53. The number of ether oxygens (including phenoxy) is 2. The van der Waals surface area contributed by atoms with Crippen molar-refractivity contribution in [3.05, 3.63) is 48.0 Å². The number of benzene rings is 2. The van der Waals surface area contributed by atoms with Crippen LogP contribution in [0.2, 0.25) is 0 Å². The van der Waals surface area contributed by atoms with Crippen LogP contribution >= 0.6 is 0 Å². The zero-order valence-electron chi connectivity index (χ0n) is 14.7. The lowest BCUT2D eigenvalue weighted by atomic mass is 10.2. The second-order valence-corrected chi connectivity index (χ2v) is 5.93. The van der Waals surface area contributed by atoms with Crippen LogP contribution < -0.4 is 25.0 Å². The molecular weight excluding hydrogens is 334 g/mol. The third kappa shape index (κ3) is 4.05. The fraction of sp³-hybridized carbons (Fsp3) is 0.263. The largest absolute Gasteiger partial charge is 0.493 e. The summed E-state index contributed by atoms with van der Waals surface area (Å²) in [4.78, 5) is 25.6. The van der Waals surface area contributed by atoms with Gasteiger partial charge in [0.25, 0.3) is 5.91 Å². The highest BCUT2D eigenvalue weighted by Gasteiger charge is 2.21. The molecule has 1 heterocycles. The molecular formula is C19H21N3O4. The number of hydrogen-bond donors (Lipinski definition) is 2. The smallest absolute Gasteiger partial charge is 0.321 e. The summed E-state index contributed by atoms with van der Waals surface area (Å²) in [5.74, 6) is 0.797. The maximum atomic E-state index is 12.2. The van der Waals surface area contributed by atoms with E-state index in [0.29, 0.717) is 30.3 Å². The van der Waals surface area contributed by atoms with Gasteiger partial charge >= 0.3 is 6.03 Å². The Labute approximate surface area is 151 Å². The zero-order valence-corrected chi connectivity index (χ0v) is 14.7. The van der Waals surface area contributed by atoms with Crippen LogP contribution in [-0.4, -0.2) is 38.7 Å². The highest BCUT2D eigenvalue weighted by atomic mass is 16.5. The van der Waals surface area contributed by atoms with E-state index in [0.717, 1.165) is 11.3 Å². The molecule has 7 nitrogen and oxygen atoms in total. The average molecular weight is 355 g/mol. The molecule has 2 N–H and O–H groups in total. The number of anilines is 2. The maximum Gasteiger partial charge on any atom is 0.321 e. The lowest BCUT2D eigenvalue weighted by molar-refractivity contribution is -0.118. The molecule has 0 aliphatic carbocycles. The van der Waals surface area contributed by atoms with E-state index >= 15 is 0 Å². The van der Waals surface area contributed by atoms with Crippen molar-refractivity contribution in [2.45, 2.75) is 6.92 Å². The Morgan fingerprint density at radius 3 is 2.81 bits per heavy atom. The van der Waals surface area contributed by atoms with Gasteiger partial charge in [-0.05, 0) is 42.8 Å². The molecule has 3 rings (SSSR count). The molecule has 0 unspecified atom stereocenters. The summed E-state index contributed by atoms with van der Waals surface area (Å²) < 4.78 is 10.8. The van der Waals surface area contributed by atoms with Crippen molar-refractivity contribution in [3.63, 3.8) is 0 Å². The third-order valence-corrected chi connectivity index (χ3v) is 3.98. The van der Waals surface area contributed by atoms with Crippen LogP contribution in [0.3, 0.4) is 0 Å². The van der Waals surface area contributed by atoms with E-state index in [-0.39, 0.29) is 18.5 Å². The van der Waals surface area contributed by atoms with Crippen molar-refractivity contribution in [1.29, 1.82) is 0 Å². The van der Waals surface area contributed by atoms with Crippen LogP contribution in [0, 0.1) is 6.92 Å². The molecule has 0 radical (unpaired) electrons. The summed E-state index contributed by atoms with van der Waals surface area (Å²) in [7, 11) is 1.56. The molecule has 1 aliphatic heterocycles. The van der Waals surface area contributed by atoms with Gasteiger partial charge in [0, 0.05) is 24.5 Å². The third-order valence-electron chi connectivity index (χ3n) is 3.98. The second-order valence-electron chi connectivity index (χ2n) is 5.93. The first-order chi connectivity index (χ1) is 12.6. The number of rotatable bonds is 6. The normalized spacial score (nSPS) is 13.3. The first-order valence-corrected chi connectivity index (χ1v) is 8.29. The number of hydrogen-bond acceptors (Lipinski definition) is 4. The quantitative estimate of drug-likeness (QED) is 0.835. The molecule has 2 aromatic carbocycles. The van der Waals surface area contributed by atoms with Gasteiger partial charge in [-0.2, -0.15) is 0 Å². The fourth-order valence-electron chi connectivity index (χ4n) is 2.70. The van der Waals surface area contributed by atoms with E-state index in [1.54, 1.807) is 36.3 Å². The van der Waals surface area contributed by atoms with E-state index < -0.39 is 0 Å². The highest BCUT2D eigenvalue weighted by Crippen LogP contribution is 2.27. The van der Waals surface area contributed by atoms with Crippen molar-refractivity contribution in [2.75, 3.05) is 37.0 Å². The standard InChI is InChI=1S/C19H21N3O4/c1-13-6-7-16(17(10-13)25-2)26-12-18(23)21-14-4-3-5-15(11-14)22-9-8-20-19(22)24/h3-7,10-11H,8-9,12H2,1-2H3,(H,20,24)(H,21,23). The minimum absolute atomic E-state index is 0.136. The molecule has 0 spiro atoms. The van der Waals surface area contributed by atoms with Crippen molar-refractivity contribution < 1.29 is 19.1 Å². The molecule has 0 atom stereocenters. The summed E-state index contributed by atoms with van der Waals surface area (Å²) in [6.07, 6.45) is 0. The zero-order chi connectivity index (χ0) is 18.5. The Bertz CT molecular complexity index is 822. The molecule has 1 saturated heterocycles. The molecule has 0 aromatic heterocycles. The Hall–Kier alpha value is -3.22. The topological polar surface area (TPSA) is 79.9 Å². The number of amides is 3. The molecule has 136 valence electrons. The molecule has 2 aromatic rings. The number of carbonyl (C=O) groups excluding carboxylic acids is 2. The SMILES string of the molecule is COc1cc(C)ccc1OCC(=O)Nc1cccc(N2CCNC2=O)c1. The summed E-state index contributed by atoms with van der Waals surface area (Å²) in [6.45, 7) is 3.02. The Kier molecular flexibility index (Phi) is 5.26. The van der Waals surface area contributed by atoms with Gasteiger partial charge in [0.15, 0.2) is 18.1 Å². The van der Waals surface area contributed by atoms with Crippen molar-refractivity contribution in [3.8, 4) is 11.5 Å². The molecule has 1 aliphatic rings. The van der Waals surface area contributed by atoms with Gasteiger partial charge < -0.3 is 20.1 Å². The lowest BCUT2D eigenvalue weighted by Crippen LogP contribution is -2.27. The summed E-state index contributed by atoms with van der Waals surface area (Å²) >= 11 is 0. The van der Waals surface area contributed by atoms with Crippen molar-refractivity contribution in [2.24, 2.45) is 0 Å². The molecule has 0 saturated carbocycles. The van der Waals surface area contributed by atoms with Gasteiger partial charge in [-0.25, -0.2) is 4.79 Å². The van der Waals surface area contributed by atoms with E-state index in [4.69, 9.17) is 9.47 Å². The first kappa shape index (κ1) is 17.6. The van der Waals surface area contributed by atoms with Crippen LogP contribution in [0.1, 0.15) is 5.56 Å².